The van der Waals surface area contributed by atoms with Gasteiger partial charge in [-0.2, -0.15) is 5.10 Å². The highest BCUT2D eigenvalue weighted by atomic mass is 79.9. The van der Waals surface area contributed by atoms with E-state index in [-0.39, 0.29) is 17.4 Å². The Bertz CT molecular complexity index is 713. The summed E-state index contributed by atoms with van der Waals surface area (Å²) in [6.45, 7) is 0. The molecule has 120 valence electrons. The molecule has 1 aromatic heterocycles. The zero-order chi connectivity index (χ0) is 16.7. The van der Waals surface area contributed by atoms with E-state index >= 15 is 0 Å². The first-order chi connectivity index (χ1) is 11.1. The van der Waals surface area contributed by atoms with E-state index in [2.05, 4.69) is 36.4 Å². The third-order valence-electron chi connectivity index (χ3n) is 2.55. The number of thioether (sulfide) groups is 1. The number of nitrogens with one attached hydrogen (secondary N) is 1. The molecule has 2 aromatic rings. The molecule has 1 aromatic carbocycles. The minimum absolute atomic E-state index is 0.00736. The topological polar surface area (TPSA) is 96.7 Å². The van der Waals surface area contributed by atoms with Crippen molar-refractivity contribution < 1.29 is 14.6 Å². The third-order valence-corrected chi connectivity index (χ3v) is 4.03. The maximum atomic E-state index is 11.7. The van der Waals surface area contributed by atoms with Gasteiger partial charge in [0.1, 0.15) is 0 Å². The molecule has 0 radical (unpaired) electrons. The second-order valence-electron chi connectivity index (χ2n) is 4.17. The van der Waals surface area contributed by atoms with Gasteiger partial charge in [-0.05, 0) is 39.7 Å². The Morgan fingerprint density at radius 3 is 2.91 bits per heavy atom. The Kier molecular flexibility index (Phi) is 6.36. The maximum absolute atomic E-state index is 11.7. The highest BCUT2D eigenvalue weighted by Gasteiger charge is 2.07. The Labute approximate surface area is 145 Å². The van der Waals surface area contributed by atoms with Crippen LogP contribution in [0, 0.1) is 0 Å². The van der Waals surface area contributed by atoms with Gasteiger partial charge in [-0.1, -0.05) is 11.8 Å². The van der Waals surface area contributed by atoms with E-state index in [1.54, 1.807) is 30.6 Å². The number of rotatable bonds is 6. The van der Waals surface area contributed by atoms with Crippen molar-refractivity contribution in [2.45, 2.75) is 5.16 Å². The quantitative estimate of drug-likeness (QED) is 0.336. The fourth-order valence-corrected chi connectivity index (χ4v) is 2.58. The number of carbonyl (C=O) groups excluding carboxylic acids is 1. The van der Waals surface area contributed by atoms with Crippen LogP contribution in [-0.4, -0.2) is 40.1 Å². The lowest BCUT2D eigenvalue weighted by Crippen LogP contribution is -2.19. The summed E-state index contributed by atoms with van der Waals surface area (Å²) in [6, 6.07) is 4.96. The molecule has 0 aliphatic heterocycles. The largest absolute Gasteiger partial charge is 0.503 e. The van der Waals surface area contributed by atoms with E-state index in [0.717, 1.165) is 0 Å². The molecule has 9 heteroatoms. The summed E-state index contributed by atoms with van der Waals surface area (Å²) in [7, 11) is 1.45. The predicted octanol–water partition coefficient (Wildman–Crippen LogP) is 2.20. The molecule has 0 aliphatic rings. The van der Waals surface area contributed by atoms with Gasteiger partial charge in [0.25, 0.3) is 5.91 Å². The number of hydrogen-bond donors (Lipinski definition) is 2. The van der Waals surface area contributed by atoms with Gasteiger partial charge in [-0.3, -0.25) is 4.79 Å². The number of carbonyl (C=O) groups is 1. The third kappa shape index (κ3) is 5.22. The molecule has 0 bridgehead atoms. The van der Waals surface area contributed by atoms with E-state index in [1.165, 1.54) is 25.1 Å². The van der Waals surface area contributed by atoms with Crippen molar-refractivity contribution in [2.75, 3.05) is 12.9 Å². The summed E-state index contributed by atoms with van der Waals surface area (Å²) in [6.07, 6.45) is 4.68. The number of aromatic hydroxyl groups is 1. The highest BCUT2D eigenvalue weighted by Crippen LogP contribution is 2.34. The van der Waals surface area contributed by atoms with Crippen molar-refractivity contribution in [3.8, 4) is 11.5 Å². The minimum atomic E-state index is -0.275. The molecule has 2 rings (SSSR count). The number of hydrogen-bond acceptors (Lipinski definition) is 7. The molecule has 0 saturated carbocycles. The lowest BCUT2D eigenvalue weighted by Gasteiger charge is -2.06. The molecule has 0 aliphatic carbocycles. The Hall–Kier alpha value is -2.13. The Morgan fingerprint density at radius 1 is 1.48 bits per heavy atom. The van der Waals surface area contributed by atoms with Crippen molar-refractivity contribution in [2.24, 2.45) is 5.10 Å². The molecular formula is C14H13BrN4O3S. The van der Waals surface area contributed by atoms with Crippen LogP contribution in [0.5, 0.6) is 11.5 Å². The minimum Gasteiger partial charge on any atom is -0.503 e. The molecule has 2 N–H and O–H groups in total. The molecule has 0 unspecified atom stereocenters. The molecule has 0 spiro atoms. The molecular weight excluding hydrogens is 384 g/mol. The number of methoxy groups -OCH3 is 1. The highest BCUT2D eigenvalue weighted by molar-refractivity contribution is 9.10. The van der Waals surface area contributed by atoms with Crippen LogP contribution in [0.4, 0.5) is 0 Å². The van der Waals surface area contributed by atoms with E-state index in [1.807, 2.05) is 0 Å². The van der Waals surface area contributed by atoms with Crippen molar-refractivity contribution in [3.05, 3.63) is 40.6 Å². The number of hydrazone groups is 1. The summed E-state index contributed by atoms with van der Waals surface area (Å²) in [5.74, 6) is 0.199. The zero-order valence-corrected chi connectivity index (χ0v) is 14.5. The standard InChI is InChI=1S/C14H13BrN4O3S/c1-22-11-6-9(5-10(15)13(11)21)7-18-19-12(20)8-23-14-16-3-2-4-17-14/h2-7,21H,8H2,1H3,(H,19,20)/b18-7-. The van der Waals surface area contributed by atoms with Crippen molar-refractivity contribution >= 4 is 39.8 Å². The van der Waals surface area contributed by atoms with Crippen LogP contribution in [0.2, 0.25) is 0 Å². The fraction of sp³-hybridized carbons (Fsp3) is 0.143. The number of benzene rings is 1. The summed E-state index contributed by atoms with van der Waals surface area (Å²) in [4.78, 5) is 19.7. The molecule has 0 saturated heterocycles. The number of phenols is 1. The Balaban J connectivity index is 1.89. The second-order valence-corrected chi connectivity index (χ2v) is 5.96. The van der Waals surface area contributed by atoms with Crippen molar-refractivity contribution in [1.82, 2.24) is 15.4 Å². The van der Waals surface area contributed by atoms with Crippen LogP contribution in [-0.2, 0) is 4.79 Å². The lowest BCUT2D eigenvalue weighted by molar-refractivity contribution is -0.118. The lowest BCUT2D eigenvalue weighted by atomic mass is 10.2. The normalized spacial score (nSPS) is 10.7. The molecule has 0 fully saturated rings. The van der Waals surface area contributed by atoms with Gasteiger partial charge in [-0.25, -0.2) is 15.4 Å². The first kappa shape index (κ1) is 17.2. The van der Waals surface area contributed by atoms with Gasteiger partial charge in [0, 0.05) is 12.4 Å². The average molecular weight is 397 g/mol. The summed E-state index contributed by atoms with van der Waals surface area (Å²) in [5.41, 5.74) is 3.07. The Morgan fingerprint density at radius 2 is 2.22 bits per heavy atom. The monoisotopic (exact) mass is 396 g/mol. The smallest absolute Gasteiger partial charge is 0.250 e. The van der Waals surface area contributed by atoms with Crippen LogP contribution in [0.3, 0.4) is 0 Å². The maximum Gasteiger partial charge on any atom is 0.250 e. The number of phenolic OH excluding ortho intramolecular Hbond substituents is 1. The van der Waals surface area contributed by atoms with E-state index in [9.17, 15) is 9.90 Å². The van der Waals surface area contributed by atoms with Gasteiger partial charge < -0.3 is 9.84 Å². The van der Waals surface area contributed by atoms with E-state index in [0.29, 0.717) is 20.9 Å². The van der Waals surface area contributed by atoms with Gasteiger partial charge in [0.15, 0.2) is 16.7 Å². The first-order valence-electron chi connectivity index (χ1n) is 6.38. The molecule has 23 heavy (non-hydrogen) atoms. The molecule has 1 amide bonds. The van der Waals surface area contributed by atoms with Crippen LogP contribution in [0.25, 0.3) is 0 Å². The number of amides is 1. The molecule has 0 atom stereocenters. The zero-order valence-electron chi connectivity index (χ0n) is 12.1. The number of aromatic nitrogens is 2. The van der Waals surface area contributed by atoms with Crippen LogP contribution in [0.15, 0.2) is 45.3 Å². The SMILES string of the molecule is COc1cc(/C=N\NC(=O)CSc2ncccn2)cc(Br)c1O. The predicted molar refractivity (Wildman–Crippen MR) is 90.9 cm³/mol. The fourth-order valence-electron chi connectivity index (χ4n) is 1.53. The number of nitrogens with zero attached hydrogens (tertiary/aromatic N) is 3. The van der Waals surface area contributed by atoms with E-state index < -0.39 is 0 Å². The number of ether oxygens (including phenoxy) is 1. The molecule has 7 nitrogen and oxygen atoms in total. The van der Waals surface area contributed by atoms with Crippen molar-refractivity contribution in [3.63, 3.8) is 0 Å². The van der Waals surface area contributed by atoms with Crippen molar-refractivity contribution in [1.29, 1.82) is 0 Å². The summed E-state index contributed by atoms with van der Waals surface area (Å²) in [5, 5.41) is 14.1. The summed E-state index contributed by atoms with van der Waals surface area (Å²) >= 11 is 4.43. The first-order valence-corrected chi connectivity index (χ1v) is 8.16. The van der Waals surface area contributed by atoms with Gasteiger partial charge >= 0.3 is 0 Å². The van der Waals surface area contributed by atoms with E-state index in [4.69, 9.17) is 4.74 Å². The van der Waals surface area contributed by atoms with Gasteiger partial charge in [0.2, 0.25) is 0 Å². The number of halogens is 1. The van der Waals surface area contributed by atoms with Crippen LogP contribution in [0.1, 0.15) is 5.56 Å². The van der Waals surface area contributed by atoms with Crippen LogP contribution < -0.4 is 10.2 Å². The van der Waals surface area contributed by atoms with Gasteiger partial charge in [-0.15, -0.1) is 0 Å². The van der Waals surface area contributed by atoms with Gasteiger partial charge in [0.05, 0.1) is 23.5 Å². The summed E-state index contributed by atoms with van der Waals surface area (Å²) < 4.78 is 5.51. The van der Waals surface area contributed by atoms with Crippen LogP contribution >= 0.6 is 27.7 Å². The second kappa shape index (κ2) is 8.49. The average Bonchev–Trinajstić information content (AvgIpc) is 2.57. The molecule has 1 heterocycles.